The number of carbonyl (C=O) groups excluding carboxylic acids is 18. The number of nitrogens with two attached hydrogens (primary N) is 5. The van der Waals surface area contributed by atoms with E-state index in [2.05, 4.69) is 118 Å². The summed E-state index contributed by atoms with van der Waals surface area (Å²) in [4.78, 5) is 277. The van der Waals surface area contributed by atoms with E-state index in [1.165, 1.54) is 12.5 Å². The van der Waals surface area contributed by atoms with Crippen LogP contribution in [0.3, 0.4) is 0 Å². The molecule has 2 heterocycles. The molecule has 748 valence electrons. The molecular weight excluding hydrogens is 1780 g/mol. The van der Waals surface area contributed by atoms with Crippen molar-refractivity contribution in [3.63, 3.8) is 0 Å². The fraction of sp³-hybridized carbons (Fsp3) is 0.675. The number of H-pyrrole nitrogens is 1. The van der Waals surface area contributed by atoms with E-state index in [0.29, 0.717) is 12.8 Å². The average Bonchev–Trinajstić information content (AvgIpc) is 1.70. The number of unbranched alkanes of at least 4 members (excludes halogenated alkanes) is 1. The molecule has 1 aromatic rings. The van der Waals surface area contributed by atoms with Crippen molar-refractivity contribution in [3.05, 3.63) is 18.2 Å². The van der Waals surface area contributed by atoms with Crippen molar-refractivity contribution in [2.75, 3.05) is 71.4 Å². The lowest BCUT2D eigenvalue weighted by molar-refractivity contribution is -0.143. The van der Waals surface area contributed by atoms with E-state index < -0.39 is 292 Å². The van der Waals surface area contributed by atoms with Crippen molar-refractivity contribution >= 4 is 143 Å². The number of imidazole rings is 1. The minimum Gasteiger partial charge on any atom is -0.481 e. The number of carboxylic acid groups (broad SMARTS) is 2. The van der Waals surface area contributed by atoms with Gasteiger partial charge in [-0.2, -0.15) is 12.6 Å². The number of thiol groups is 1. The zero-order valence-corrected chi connectivity index (χ0v) is 75.6. The van der Waals surface area contributed by atoms with Crippen LogP contribution >= 0.6 is 12.6 Å². The number of amides is 18. The number of aromatic amines is 1. The molecule has 0 bridgehead atoms. The lowest BCUT2D eigenvalue weighted by Crippen LogP contribution is -2.62. The standard InChI is InChI=1S/C77H132N28O27S/c1-36(2)24-47(68(125)93-42(12-7-8-20-78)62(119)90-30-58(116)117)97-70(127)51(32-107)100-66(123)46(17-19-57(114)115)96-73(130)59(38(5)109)103-56(113)29-88-55(112)28-89-63(120)48(26-40-27-85-35-91-40)98-74(131)60(39(6)110)104-67(124)44(14-10-22-87-77(83)84)95-69(126)50(31-106)101-71(128)52(33-108)102-72(129)53-15-11-23-105(53)75(132)49(25-37(3)4)99-64(121)43(13-9-21-86-76(81)82)94-65(122)45(16-18-54(80)111)92-61(118)41(79)34-133/h27,35-39,41-53,59-60,106-110,133H,7-26,28-34,78-79H2,1-6H3,(H2,80,111)(H,85,91)(H,88,112)(H,89,120)(H,90,119)(H,92,118)(H,93,125)(H,94,122)(H,95,126)(H,96,130)(H,97,127)(H,98,131)(H,99,121)(H,100,123)(H,101,128)(H,102,129)(H,103,113)(H,104,124)(H,114,115)(H,116,117)(H4,81,82,86)(H4,83,84,87)/t38-,39-,41+,42+,43+,44+,45+,46+,47+,48+,49+,50+,51+,52+,53+,59+,60+/m1/s1. The van der Waals surface area contributed by atoms with Gasteiger partial charge in [-0.15, -0.1) is 0 Å². The zero-order chi connectivity index (χ0) is 100. The van der Waals surface area contributed by atoms with E-state index in [1.807, 2.05) is 0 Å². The number of carboxylic acids is 2. The summed E-state index contributed by atoms with van der Waals surface area (Å²) in [6.45, 7) is 2.65. The number of rotatable bonds is 64. The number of nitrogens with one attached hydrogen (secondary N) is 21. The van der Waals surface area contributed by atoms with Gasteiger partial charge in [0.1, 0.15) is 91.1 Å². The molecule has 0 spiro atoms. The van der Waals surface area contributed by atoms with Crippen molar-refractivity contribution in [2.24, 2.45) is 40.5 Å². The third kappa shape index (κ3) is 44.3. The Hall–Kier alpha value is -12.8. The number of hydrogen-bond acceptors (Lipinski definition) is 31. The molecule has 17 atom stereocenters. The molecule has 0 radical (unpaired) electrons. The second kappa shape index (κ2) is 61.0. The first kappa shape index (κ1) is 116. The highest BCUT2D eigenvalue weighted by Crippen LogP contribution is 2.22. The van der Waals surface area contributed by atoms with Crippen LogP contribution in [0.25, 0.3) is 0 Å². The predicted octanol–water partition coefficient (Wildman–Crippen LogP) is -14.4. The van der Waals surface area contributed by atoms with Crippen LogP contribution in [0.15, 0.2) is 12.5 Å². The second-order valence-corrected chi connectivity index (χ2v) is 32.4. The van der Waals surface area contributed by atoms with Gasteiger partial charge in [-0.05, 0) is 116 Å². The number of likely N-dealkylation sites (tertiary alicyclic amines) is 1. The summed E-state index contributed by atoms with van der Waals surface area (Å²) in [5, 5.41) is 129. The normalized spacial score (nSPS) is 15.8. The Labute approximate surface area is 770 Å². The molecule has 1 aliphatic rings. The van der Waals surface area contributed by atoms with E-state index in [0.717, 1.165) is 18.7 Å². The number of nitrogens with zero attached hydrogens (tertiary/aromatic N) is 2. The summed E-state index contributed by atoms with van der Waals surface area (Å²) in [6.07, 6.45) is -3.57. The van der Waals surface area contributed by atoms with E-state index in [1.54, 1.807) is 27.7 Å². The first-order chi connectivity index (χ1) is 62.6. The summed E-state index contributed by atoms with van der Waals surface area (Å²) in [5.41, 5.74) is 27.8. The molecule has 0 aliphatic carbocycles. The molecule has 1 saturated heterocycles. The van der Waals surface area contributed by atoms with Crippen LogP contribution in [0.2, 0.25) is 0 Å². The van der Waals surface area contributed by atoms with Crippen LogP contribution < -0.4 is 124 Å². The van der Waals surface area contributed by atoms with Crippen LogP contribution in [0.1, 0.15) is 144 Å². The van der Waals surface area contributed by atoms with Crippen molar-refractivity contribution in [1.82, 2.24) is 111 Å². The van der Waals surface area contributed by atoms with Crippen LogP contribution in [0.4, 0.5) is 0 Å². The molecule has 1 aliphatic heterocycles. The average molecular weight is 1910 g/mol. The van der Waals surface area contributed by atoms with Gasteiger partial charge in [0, 0.05) is 56.5 Å². The summed E-state index contributed by atoms with van der Waals surface area (Å²) in [5.74, 6) is -23.9. The third-order valence-electron chi connectivity index (χ3n) is 19.9. The second-order valence-electron chi connectivity index (χ2n) is 32.0. The molecule has 0 saturated carbocycles. The number of aromatic nitrogens is 2. The largest absolute Gasteiger partial charge is 0.481 e. The van der Waals surface area contributed by atoms with Crippen molar-refractivity contribution in [3.8, 4) is 0 Å². The van der Waals surface area contributed by atoms with Gasteiger partial charge in [0.2, 0.25) is 106 Å². The number of hydrogen-bond donors (Lipinski definition) is 34. The van der Waals surface area contributed by atoms with Gasteiger partial charge in [0.25, 0.3) is 0 Å². The lowest BCUT2D eigenvalue weighted by atomic mass is 10.0. The lowest BCUT2D eigenvalue weighted by Gasteiger charge is -2.31. The van der Waals surface area contributed by atoms with Crippen LogP contribution in [0, 0.1) is 22.7 Å². The maximum Gasteiger partial charge on any atom is 0.322 e. The number of guanidine groups is 2. The Morgan fingerprint density at radius 2 is 0.857 bits per heavy atom. The van der Waals surface area contributed by atoms with Gasteiger partial charge in [0.05, 0.1) is 57.5 Å². The number of aliphatic hydroxyl groups excluding tert-OH is 5. The van der Waals surface area contributed by atoms with E-state index in [9.17, 15) is 127 Å². The number of primary amides is 1. The smallest absolute Gasteiger partial charge is 0.322 e. The van der Waals surface area contributed by atoms with Crippen molar-refractivity contribution in [1.29, 1.82) is 10.8 Å². The topological polar surface area (TPSA) is 909 Å². The van der Waals surface area contributed by atoms with Gasteiger partial charge in [0.15, 0.2) is 11.9 Å². The molecular formula is C77H132N28O27S. The minimum absolute atomic E-state index is 0.0106. The monoisotopic (exact) mass is 1910 g/mol. The predicted molar refractivity (Wildman–Crippen MR) is 471 cm³/mol. The Morgan fingerprint density at radius 1 is 0.459 bits per heavy atom. The maximum atomic E-state index is 14.6. The molecule has 2 rings (SSSR count). The van der Waals surface area contributed by atoms with Crippen molar-refractivity contribution in [2.45, 2.75) is 247 Å². The van der Waals surface area contributed by atoms with Crippen LogP contribution in [-0.2, 0) is 102 Å². The Bertz CT molecular complexity index is 4110. The first-order valence-electron chi connectivity index (χ1n) is 42.8. The van der Waals surface area contributed by atoms with Gasteiger partial charge >= 0.3 is 11.9 Å². The number of aliphatic carboxylic acids is 2. The fourth-order valence-corrected chi connectivity index (χ4v) is 13.1. The Balaban J connectivity index is 2.32. The highest BCUT2D eigenvalue weighted by Gasteiger charge is 2.43. The number of aliphatic hydroxyl groups is 5. The summed E-state index contributed by atoms with van der Waals surface area (Å²) in [6, 6.07) is -24.7. The van der Waals surface area contributed by atoms with Gasteiger partial charge in [-0.25, -0.2) is 4.98 Å². The summed E-state index contributed by atoms with van der Waals surface area (Å²) in [7, 11) is 0. The quantitative estimate of drug-likeness (QED) is 0.0125. The zero-order valence-electron chi connectivity index (χ0n) is 74.7. The van der Waals surface area contributed by atoms with Gasteiger partial charge < -0.3 is 170 Å². The minimum atomic E-state index is -2.00. The van der Waals surface area contributed by atoms with Crippen molar-refractivity contribution < 1.29 is 132 Å². The highest BCUT2D eigenvalue weighted by molar-refractivity contribution is 7.80. The van der Waals surface area contributed by atoms with Gasteiger partial charge in [-0.3, -0.25) is 107 Å². The molecule has 18 amide bonds. The van der Waals surface area contributed by atoms with E-state index in [4.69, 9.17) is 44.6 Å². The molecule has 56 heteroatoms. The van der Waals surface area contributed by atoms with Gasteiger partial charge in [-0.1, -0.05) is 27.7 Å². The van der Waals surface area contributed by atoms with Crippen LogP contribution in [0.5, 0.6) is 0 Å². The molecule has 55 nitrogen and oxygen atoms in total. The summed E-state index contributed by atoms with van der Waals surface area (Å²) >= 11 is 4.01. The molecule has 1 fully saturated rings. The molecule has 0 unspecified atom stereocenters. The SMILES string of the molecule is CC(C)C[C@H](NC(=O)[C@H](CO)NC(=O)[C@H](CCC(=O)O)NC(=O)[C@@H](NC(=O)CNC(=O)CNC(=O)[C@H](Cc1cnc[nH]1)NC(=O)[C@@H](NC(=O)[C@H](CCCNC(=N)N)NC(=O)[C@H](CO)NC(=O)[C@H](CO)NC(=O)[C@@H]1CCCN1C(=O)[C@H](CC(C)C)NC(=O)[C@H](CCCNC(=N)N)NC(=O)[C@H](CCC(N)=O)NC(=O)[C@@H](N)CS)[C@@H](C)O)[C@@H](C)O)C(=O)N[C@@H](CCCCN)C(=O)NCC(=O)O. The molecule has 0 aromatic carbocycles. The summed E-state index contributed by atoms with van der Waals surface area (Å²) < 4.78 is 0. The Morgan fingerprint density at radius 3 is 1.32 bits per heavy atom. The fourth-order valence-electron chi connectivity index (χ4n) is 12.9. The molecule has 38 N–H and O–H groups in total. The third-order valence-corrected chi connectivity index (χ3v) is 20.3. The van der Waals surface area contributed by atoms with E-state index >= 15 is 0 Å². The Kier molecular flexibility index (Phi) is 53.4. The highest BCUT2D eigenvalue weighted by atomic mass is 32.1. The maximum absolute atomic E-state index is 14.6. The molecule has 1 aromatic heterocycles. The first-order valence-corrected chi connectivity index (χ1v) is 43.4. The molecule has 133 heavy (non-hydrogen) atoms. The number of carbonyl (C=O) groups is 20. The van der Waals surface area contributed by atoms with Crippen LogP contribution in [-0.4, -0.2) is 355 Å². The van der Waals surface area contributed by atoms with E-state index in [-0.39, 0.29) is 120 Å².